The lowest BCUT2D eigenvalue weighted by atomic mass is 9.85. The molecule has 114 valence electrons. The number of nitrogens with one attached hydrogen (secondary N) is 1. The van der Waals surface area contributed by atoms with Crippen molar-refractivity contribution in [2.75, 3.05) is 0 Å². The number of H-pyrrole nitrogens is 1. The highest BCUT2D eigenvalue weighted by Crippen LogP contribution is 2.30. The van der Waals surface area contributed by atoms with Gasteiger partial charge < -0.3 is 4.98 Å². The summed E-state index contributed by atoms with van der Waals surface area (Å²) in [6.07, 6.45) is 16.2. The summed E-state index contributed by atoms with van der Waals surface area (Å²) >= 11 is 0. The Morgan fingerprint density at radius 2 is 2.09 bits per heavy atom. The van der Waals surface area contributed by atoms with E-state index in [0.29, 0.717) is 0 Å². The number of rotatable bonds is 3. The minimum atomic E-state index is 0.841. The van der Waals surface area contributed by atoms with Crippen LogP contribution < -0.4 is 0 Å². The van der Waals surface area contributed by atoms with Crippen LogP contribution in [0.2, 0.25) is 0 Å². The second kappa shape index (κ2) is 5.59. The van der Waals surface area contributed by atoms with Crippen LogP contribution in [0.4, 0.5) is 0 Å². The first-order valence-corrected chi connectivity index (χ1v) is 8.24. The smallest absolute Gasteiger partial charge is 0.137 e. The predicted octanol–water partition coefficient (Wildman–Crippen LogP) is 4.09. The third kappa shape index (κ3) is 2.54. The SMILES string of the molecule is Cn1cc(-c2c[nH]c3ncc(CC4CCCCC4)cc23)cn1. The third-order valence-corrected chi connectivity index (χ3v) is 4.85. The topological polar surface area (TPSA) is 46.5 Å². The lowest BCUT2D eigenvalue weighted by molar-refractivity contribution is 0.356. The molecule has 4 nitrogen and oxygen atoms in total. The average Bonchev–Trinajstić information content (AvgIpc) is 3.14. The molecular weight excluding hydrogens is 272 g/mol. The Morgan fingerprint density at radius 3 is 2.86 bits per heavy atom. The predicted molar refractivity (Wildman–Crippen MR) is 88.6 cm³/mol. The van der Waals surface area contributed by atoms with Gasteiger partial charge in [-0.1, -0.05) is 32.1 Å². The molecule has 3 aromatic rings. The van der Waals surface area contributed by atoms with Crippen molar-refractivity contribution in [2.24, 2.45) is 13.0 Å². The van der Waals surface area contributed by atoms with E-state index in [1.165, 1.54) is 55.0 Å². The van der Waals surface area contributed by atoms with Crippen LogP contribution in [0.25, 0.3) is 22.2 Å². The van der Waals surface area contributed by atoms with E-state index in [4.69, 9.17) is 0 Å². The normalized spacial score (nSPS) is 16.4. The van der Waals surface area contributed by atoms with E-state index in [2.05, 4.69) is 27.3 Å². The van der Waals surface area contributed by atoms with Gasteiger partial charge in [0.25, 0.3) is 0 Å². The molecule has 22 heavy (non-hydrogen) atoms. The number of aryl methyl sites for hydroxylation is 1. The van der Waals surface area contributed by atoms with Crippen LogP contribution in [0.3, 0.4) is 0 Å². The van der Waals surface area contributed by atoms with Crippen LogP contribution in [-0.2, 0) is 13.5 Å². The molecule has 0 amide bonds. The molecule has 1 aliphatic carbocycles. The standard InChI is InChI=1S/C18H22N4/c1-22-12-15(10-21-22)17-11-20-18-16(17)8-14(9-19-18)7-13-5-3-2-4-6-13/h8-13H,2-7H2,1H3,(H,19,20). The fourth-order valence-corrected chi connectivity index (χ4v) is 3.68. The van der Waals surface area contributed by atoms with Crippen LogP contribution in [-0.4, -0.2) is 19.7 Å². The Bertz CT molecular complexity index is 777. The molecule has 3 aromatic heterocycles. The Kier molecular flexibility index (Phi) is 3.45. The van der Waals surface area contributed by atoms with E-state index >= 15 is 0 Å². The van der Waals surface area contributed by atoms with Crippen molar-refractivity contribution in [3.63, 3.8) is 0 Å². The molecular formula is C18H22N4. The molecule has 0 saturated heterocycles. The van der Waals surface area contributed by atoms with Crippen molar-refractivity contribution in [1.29, 1.82) is 0 Å². The minimum absolute atomic E-state index is 0.841. The number of nitrogens with zero attached hydrogens (tertiary/aromatic N) is 3. The molecule has 0 aromatic carbocycles. The van der Waals surface area contributed by atoms with Gasteiger partial charge in [0, 0.05) is 42.2 Å². The molecule has 1 N–H and O–H groups in total. The summed E-state index contributed by atoms with van der Waals surface area (Å²) < 4.78 is 1.84. The number of hydrogen-bond donors (Lipinski definition) is 1. The van der Waals surface area contributed by atoms with Gasteiger partial charge in [0.1, 0.15) is 5.65 Å². The van der Waals surface area contributed by atoms with Crippen molar-refractivity contribution in [1.82, 2.24) is 19.7 Å². The first-order valence-electron chi connectivity index (χ1n) is 8.24. The van der Waals surface area contributed by atoms with Gasteiger partial charge in [-0.05, 0) is 24.0 Å². The molecule has 0 bridgehead atoms. The molecule has 0 unspecified atom stereocenters. The second-order valence-corrected chi connectivity index (χ2v) is 6.55. The first kappa shape index (κ1) is 13.6. The largest absolute Gasteiger partial charge is 0.346 e. The highest BCUT2D eigenvalue weighted by molar-refractivity contribution is 5.93. The highest BCUT2D eigenvalue weighted by atomic mass is 15.2. The maximum absolute atomic E-state index is 4.62. The molecule has 0 radical (unpaired) electrons. The molecule has 4 rings (SSSR count). The van der Waals surface area contributed by atoms with Gasteiger partial charge >= 0.3 is 0 Å². The lowest BCUT2D eigenvalue weighted by Crippen LogP contribution is -2.09. The summed E-state index contributed by atoms with van der Waals surface area (Å²) in [4.78, 5) is 7.90. The fraction of sp³-hybridized carbons (Fsp3) is 0.444. The van der Waals surface area contributed by atoms with Gasteiger partial charge in [0.05, 0.1) is 6.20 Å². The number of aromatic amines is 1. The molecule has 0 spiro atoms. The lowest BCUT2D eigenvalue weighted by Gasteiger charge is -2.21. The molecule has 0 aliphatic heterocycles. The van der Waals surface area contributed by atoms with Gasteiger partial charge in [0.15, 0.2) is 0 Å². The van der Waals surface area contributed by atoms with E-state index in [1.54, 1.807) is 0 Å². The van der Waals surface area contributed by atoms with E-state index in [-0.39, 0.29) is 0 Å². The second-order valence-electron chi connectivity index (χ2n) is 6.55. The summed E-state index contributed by atoms with van der Waals surface area (Å²) in [7, 11) is 1.95. The van der Waals surface area contributed by atoms with Crippen LogP contribution in [0.5, 0.6) is 0 Å². The van der Waals surface area contributed by atoms with Gasteiger partial charge in [0.2, 0.25) is 0 Å². The Morgan fingerprint density at radius 1 is 1.23 bits per heavy atom. The number of pyridine rings is 1. The number of hydrogen-bond acceptors (Lipinski definition) is 2. The monoisotopic (exact) mass is 294 g/mol. The molecule has 1 aliphatic rings. The third-order valence-electron chi connectivity index (χ3n) is 4.85. The van der Waals surface area contributed by atoms with Crippen molar-refractivity contribution >= 4 is 11.0 Å². The van der Waals surface area contributed by atoms with Crippen molar-refractivity contribution in [3.05, 3.63) is 36.4 Å². The summed E-state index contributed by atoms with van der Waals surface area (Å²) in [6.45, 7) is 0. The Balaban J connectivity index is 1.67. The van der Waals surface area contributed by atoms with E-state index in [9.17, 15) is 0 Å². The minimum Gasteiger partial charge on any atom is -0.346 e. The maximum Gasteiger partial charge on any atom is 0.137 e. The molecule has 1 fully saturated rings. The Labute approximate surface area is 130 Å². The van der Waals surface area contributed by atoms with Crippen LogP contribution >= 0.6 is 0 Å². The van der Waals surface area contributed by atoms with Crippen LogP contribution in [0.15, 0.2) is 30.9 Å². The zero-order valence-electron chi connectivity index (χ0n) is 13.0. The van der Waals surface area contributed by atoms with Gasteiger partial charge in [-0.2, -0.15) is 5.10 Å². The molecule has 1 saturated carbocycles. The first-order chi connectivity index (χ1) is 10.8. The zero-order valence-corrected chi connectivity index (χ0v) is 13.0. The number of fused-ring (bicyclic) bond motifs is 1. The van der Waals surface area contributed by atoms with Crippen LogP contribution in [0.1, 0.15) is 37.7 Å². The summed E-state index contributed by atoms with van der Waals surface area (Å²) in [5.41, 5.74) is 4.67. The van der Waals surface area contributed by atoms with Crippen molar-refractivity contribution in [2.45, 2.75) is 38.5 Å². The van der Waals surface area contributed by atoms with Crippen molar-refractivity contribution < 1.29 is 0 Å². The van der Waals surface area contributed by atoms with Gasteiger partial charge in [-0.3, -0.25) is 4.68 Å². The fourth-order valence-electron chi connectivity index (χ4n) is 3.68. The van der Waals surface area contributed by atoms with E-state index < -0.39 is 0 Å². The zero-order chi connectivity index (χ0) is 14.9. The summed E-state index contributed by atoms with van der Waals surface area (Å²) in [6, 6.07) is 2.32. The molecule has 4 heteroatoms. The van der Waals surface area contributed by atoms with Crippen LogP contribution in [0, 0.1) is 5.92 Å². The maximum atomic E-state index is 4.62. The Hall–Kier alpha value is -2.10. The molecule has 3 heterocycles. The number of aromatic nitrogens is 4. The van der Waals surface area contributed by atoms with Crippen molar-refractivity contribution in [3.8, 4) is 11.1 Å². The summed E-state index contributed by atoms with van der Waals surface area (Å²) in [5.74, 6) is 0.841. The van der Waals surface area contributed by atoms with Gasteiger partial charge in [-0.25, -0.2) is 4.98 Å². The average molecular weight is 294 g/mol. The van der Waals surface area contributed by atoms with Gasteiger partial charge in [-0.15, -0.1) is 0 Å². The quantitative estimate of drug-likeness (QED) is 0.791. The molecule has 0 atom stereocenters. The highest BCUT2D eigenvalue weighted by Gasteiger charge is 2.15. The summed E-state index contributed by atoms with van der Waals surface area (Å²) in [5, 5.41) is 5.49. The van der Waals surface area contributed by atoms with E-state index in [1.807, 2.05) is 30.3 Å². The van der Waals surface area contributed by atoms with E-state index in [0.717, 1.165) is 17.1 Å².